The van der Waals surface area contributed by atoms with Crippen LogP contribution in [0.2, 0.25) is 0 Å². The van der Waals surface area contributed by atoms with Gasteiger partial charge in [0.1, 0.15) is 5.75 Å². The molecule has 1 aliphatic rings. The third kappa shape index (κ3) is 6.32. The predicted molar refractivity (Wildman–Crippen MR) is 99.5 cm³/mol. The Hall–Kier alpha value is -1.93. The minimum Gasteiger partial charge on any atom is -0.465 e. The van der Waals surface area contributed by atoms with E-state index in [-0.39, 0.29) is 47.2 Å². The highest BCUT2D eigenvalue weighted by molar-refractivity contribution is 5.95. The number of halogens is 3. The van der Waals surface area contributed by atoms with Crippen molar-refractivity contribution in [1.29, 1.82) is 0 Å². The predicted octanol–water partition coefficient (Wildman–Crippen LogP) is 3.73. The molecule has 1 aromatic carbocycles. The maximum Gasteiger partial charge on any atom is 0.387 e. The summed E-state index contributed by atoms with van der Waals surface area (Å²) in [7, 11) is 1.18. The molecule has 3 N–H and O–H groups in total. The zero-order valence-electron chi connectivity index (χ0n) is 15.1. The van der Waals surface area contributed by atoms with Gasteiger partial charge in [-0.3, -0.25) is 4.79 Å². The lowest BCUT2D eigenvalue weighted by molar-refractivity contribution is -0.119. The van der Waals surface area contributed by atoms with Crippen molar-refractivity contribution in [2.45, 2.75) is 45.1 Å². The first-order valence-electron chi connectivity index (χ1n) is 8.56. The maximum atomic E-state index is 12.7. The third-order valence-electron chi connectivity index (χ3n) is 4.78. The molecule has 27 heavy (non-hydrogen) atoms. The first-order valence-corrected chi connectivity index (χ1v) is 8.56. The molecular weight excluding hydrogens is 382 g/mol. The van der Waals surface area contributed by atoms with Crippen LogP contribution in [0.15, 0.2) is 18.2 Å². The fourth-order valence-electron chi connectivity index (χ4n) is 3.35. The number of carbonyl (C=O) groups excluding carboxylic acids is 2. The smallest absolute Gasteiger partial charge is 0.387 e. The van der Waals surface area contributed by atoms with Crippen LogP contribution in [-0.4, -0.2) is 32.1 Å². The van der Waals surface area contributed by atoms with Gasteiger partial charge in [-0.25, -0.2) is 4.79 Å². The van der Waals surface area contributed by atoms with E-state index in [0.29, 0.717) is 6.54 Å². The number of hydrogen-bond donors (Lipinski definition) is 2. The number of nitrogens with one attached hydrogen (secondary N) is 1. The normalized spacial score (nSPS) is 15.6. The average Bonchev–Trinajstić information content (AvgIpc) is 2.62. The van der Waals surface area contributed by atoms with E-state index in [1.807, 2.05) is 0 Å². The van der Waals surface area contributed by atoms with Crippen molar-refractivity contribution in [3.05, 3.63) is 23.8 Å². The number of methoxy groups -OCH3 is 1. The van der Waals surface area contributed by atoms with Crippen LogP contribution in [0, 0.1) is 5.41 Å². The Bertz CT molecular complexity index is 652. The maximum absolute atomic E-state index is 12.7. The van der Waals surface area contributed by atoms with Crippen molar-refractivity contribution >= 4 is 30.0 Å². The van der Waals surface area contributed by atoms with Gasteiger partial charge in [0.05, 0.1) is 18.4 Å². The van der Waals surface area contributed by atoms with E-state index in [4.69, 9.17) is 5.73 Å². The lowest BCUT2D eigenvalue weighted by atomic mass is 9.71. The number of anilines is 1. The molecule has 1 amide bonds. The summed E-state index contributed by atoms with van der Waals surface area (Å²) >= 11 is 0. The van der Waals surface area contributed by atoms with Crippen LogP contribution in [0.25, 0.3) is 0 Å². The van der Waals surface area contributed by atoms with Crippen LogP contribution < -0.4 is 15.8 Å². The molecule has 152 valence electrons. The molecule has 1 aromatic rings. The van der Waals surface area contributed by atoms with Crippen molar-refractivity contribution in [3.63, 3.8) is 0 Å². The summed E-state index contributed by atoms with van der Waals surface area (Å²) in [6.45, 7) is -2.69. The number of nitrogens with two attached hydrogens (primary N) is 1. The van der Waals surface area contributed by atoms with Gasteiger partial charge in [0.2, 0.25) is 5.91 Å². The molecular formula is C18H25ClF2N2O4. The van der Waals surface area contributed by atoms with Crippen LogP contribution in [-0.2, 0) is 9.53 Å². The topological polar surface area (TPSA) is 90.7 Å². The Labute approximate surface area is 163 Å². The lowest BCUT2D eigenvalue weighted by Crippen LogP contribution is -2.36. The van der Waals surface area contributed by atoms with Crippen LogP contribution in [0.5, 0.6) is 5.75 Å². The van der Waals surface area contributed by atoms with Crippen molar-refractivity contribution in [2.24, 2.45) is 11.1 Å². The Morgan fingerprint density at radius 1 is 1.26 bits per heavy atom. The van der Waals surface area contributed by atoms with Crippen LogP contribution in [0.4, 0.5) is 14.5 Å². The summed E-state index contributed by atoms with van der Waals surface area (Å²) in [5, 5.41) is 2.60. The second-order valence-electron chi connectivity index (χ2n) is 6.57. The van der Waals surface area contributed by atoms with E-state index < -0.39 is 12.6 Å². The number of amides is 1. The molecule has 0 aromatic heterocycles. The summed E-state index contributed by atoms with van der Waals surface area (Å²) in [6, 6.07) is 3.84. The van der Waals surface area contributed by atoms with Crippen molar-refractivity contribution in [2.75, 3.05) is 19.0 Å². The first-order chi connectivity index (χ1) is 12.4. The number of ether oxygens (including phenoxy) is 2. The van der Waals surface area contributed by atoms with Gasteiger partial charge >= 0.3 is 12.6 Å². The molecule has 0 heterocycles. The molecule has 2 rings (SSSR count). The van der Waals surface area contributed by atoms with E-state index >= 15 is 0 Å². The Kier molecular flexibility index (Phi) is 8.92. The number of alkyl halides is 2. The fourth-order valence-corrected chi connectivity index (χ4v) is 3.35. The van der Waals surface area contributed by atoms with Crippen molar-refractivity contribution < 1.29 is 27.8 Å². The van der Waals surface area contributed by atoms with Gasteiger partial charge in [0.25, 0.3) is 0 Å². The molecule has 1 saturated carbocycles. The summed E-state index contributed by atoms with van der Waals surface area (Å²) in [5.41, 5.74) is 5.76. The number of benzene rings is 1. The lowest BCUT2D eigenvalue weighted by Gasteiger charge is -2.35. The molecule has 0 atom stereocenters. The standard InChI is InChI=1S/C18H24F2N2O4.ClH/c1-25-16(24)12-5-6-13(14(9-12)26-17(19)20)22-15(23)10-18(11-21)7-3-2-4-8-18;/h5-6,9,17H,2-4,7-8,10-11,21H2,1H3,(H,22,23);1H. The van der Waals surface area contributed by atoms with E-state index in [9.17, 15) is 18.4 Å². The molecule has 6 nitrogen and oxygen atoms in total. The molecule has 0 unspecified atom stereocenters. The van der Waals surface area contributed by atoms with Crippen LogP contribution in [0.1, 0.15) is 48.9 Å². The molecule has 0 radical (unpaired) electrons. The number of rotatable bonds is 7. The molecule has 9 heteroatoms. The van der Waals surface area contributed by atoms with E-state index in [0.717, 1.165) is 38.2 Å². The van der Waals surface area contributed by atoms with Gasteiger partial charge in [-0.15, -0.1) is 12.4 Å². The van der Waals surface area contributed by atoms with Gasteiger partial charge in [-0.1, -0.05) is 19.3 Å². The highest BCUT2D eigenvalue weighted by atomic mass is 35.5. The zero-order valence-corrected chi connectivity index (χ0v) is 16.0. The van der Waals surface area contributed by atoms with E-state index in [1.165, 1.54) is 19.2 Å². The average molecular weight is 407 g/mol. The second-order valence-corrected chi connectivity index (χ2v) is 6.57. The molecule has 0 saturated heterocycles. The minimum atomic E-state index is -3.09. The summed E-state index contributed by atoms with van der Waals surface area (Å²) in [5.74, 6) is -1.30. The number of carbonyl (C=O) groups is 2. The monoisotopic (exact) mass is 406 g/mol. The van der Waals surface area contributed by atoms with Crippen LogP contribution >= 0.6 is 12.4 Å². The summed E-state index contributed by atoms with van der Waals surface area (Å²) in [4.78, 5) is 24.0. The molecule has 0 spiro atoms. The molecule has 1 fully saturated rings. The van der Waals surface area contributed by atoms with Crippen molar-refractivity contribution in [3.8, 4) is 5.75 Å². The van der Waals surface area contributed by atoms with Gasteiger partial charge in [0.15, 0.2) is 0 Å². The summed E-state index contributed by atoms with van der Waals surface area (Å²) < 4.78 is 34.4. The highest BCUT2D eigenvalue weighted by Crippen LogP contribution is 2.39. The van der Waals surface area contributed by atoms with Gasteiger partial charge in [0, 0.05) is 6.42 Å². The number of hydrogen-bond acceptors (Lipinski definition) is 5. The third-order valence-corrected chi connectivity index (χ3v) is 4.78. The van der Waals surface area contributed by atoms with E-state index in [2.05, 4.69) is 14.8 Å². The first kappa shape index (κ1) is 23.1. The van der Waals surface area contributed by atoms with Gasteiger partial charge in [-0.2, -0.15) is 8.78 Å². The highest BCUT2D eigenvalue weighted by Gasteiger charge is 2.33. The van der Waals surface area contributed by atoms with Gasteiger partial charge in [-0.05, 0) is 43.0 Å². The molecule has 1 aliphatic carbocycles. The summed E-state index contributed by atoms with van der Waals surface area (Å²) in [6.07, 6.45) is 5.15. The zero-order chi connectivity index (χ0) is 19.2. The molecule has 0 bridgehead atoms. The van der Waals surface area contributed by atoms with Gasteiger partial charge < -0.3 is 20.5 Å². The Morgan fingerprint density at radius 2 is 1.93 bits per heavy atom. The van der Waals surface area contributed by atoms with Crippen molar-refractivity contribution in [1.82, 2.24) is 0 Å². The second kappa shape index (κ2) is 10.4. The minimum absolute atomic E-state index is 0. The largest absolute Gasteiger partial charge is 0.465 e. The Balaban J connectivity index is 0.00000364. The SMILES string of the molecule is COC(=O)c1ccc(NC(=O)CC2(CN)CCCCC2)c(OC(F)F)c1.Cl. The number of esters is 1. The molecule has 0 aliphatic heterocycles. The van der Waals surface area contributed by atoms with Crippen LogP contribution in [0.3, 0.4) is 0 Å². The quantitative estimate of drug-likeness (QED) is 0.673. The fraction of sp³-hybridized carbons (Fsp3) is 0.556. The van der Waals surface area contributed by atoms with E-state index in [1.54, 1.807) is 0 Å². The Morgan fingerprint density at radius 3 is 2.48 bits per heavy atom.